The van der Waals surface area contributed by atoms with Crippen molar-refractivity contribution in [1.82, 2.24) is 4.90 Å². The molecule has 0 saturated carbocycles. The average molecular weight is 433 g/mol. The van der Waals surface area contributed by atoms with Crippen LogP contribution in [-0.2, 0) is 9.59 Å². The van der Waals surface area contributed by atoms with Gasteiger partial charge in [-0.3, -0.25) is 34.4 Å². The van der Waals surface area contributed by atoms with Gasteiger partial charge in [0, 0.05) is 25.0 Å². The Hall–Kier alpha value is -3.01. The molecule has 0 spiro atoms. The molecule has 30 heavy (non-hydrogen) atoms. The van der Waals surface area contributed by atoms with Crippen molar-refractivity contribution in [1.29, 1.82) is 0 Å². The SMILES string of the molecule is C/C=C\C(/C=C1\SC(=O)N(CCCC(=O)O)C1=O)=NC(C)C1C=CC([N+](=O)[O-])=CC1. The molecule has 1 aliphatic carbocycles. The number of carbonyl (C=O) groups is 3. The summed E-state index contributed by atoms with van der Waals surface area (Å²) < 4.78 is 0. The van der Waals surface area contributed by atoms with Crippen molar-refractivity contribution in [2.75, 3.05) is 6.54 Å². The van der Waals surface area contributed by atoms with Gasteiger partial charge in [-0.1, -0.05) is 12.2 Å². The number of aliphatic imine (C=N–C) groups is 1. The molecule has 10 heteroatoms. The molecule has 1 fully saturated rings. The second-order valence-electron chi connectivity index (χ2n) is 6.77. The van der Waals surface area contributed by atoms with Gasteiger partial charge in [0.25, 0.3) is 16.8 Å². The van der Waals surface area contributed by atoms with Gasteiger partial charge in [0.2, 0.25) is 0 Å². The fraction of sp³-hybridized carbons (Fsp3) is 0.400. The van der Waals surface area contributed by atoms with E-state index in [4.69, 9.17) is 5.11 Å². The standard InChI is InChI=1S/C20H23N3O6S/c1-3-5-15(21-13(2)14-7-9-16(10-8-14)23(28)29)12-17-19(26)22(20(27)30-17)11-4-6-18(24)25/h3,5,7,9-10,12-14H,4,6,8,11H2,1-2H3,(H,24,25)/b5-3-,17-12-,21-15?. The fourth-order valence-electron chi connectivity index (χ4n) is 2.96. The van der Waals surface area contributed by atoms with Crippen molar-refractivity contribution in [2.45, 2.75) is 39.2 Å². The molecule has 9 nitrogen and oxygen atoms in total. The zero-order valence-corrected chi connectivity index (χ0v) is 17.5. The lowest BCUT2D eigenvalue weighted by atomic mass is 9.93. The molecule has 1 N–H and O–H groups in total. The van der Waals surface area contributed by atoms with Crippen LogP contribution in [0.3, 0.4) is 0 Å². The third-order valence-corrected chi connectivity index (χ3v) is 5.47. The van der Waals surface area contributed by atoms with Gasteiger partial charge in [-0.25, -0.2) is 0 Å². The summed E-state index contributed by atoms with van der Waals surface area (Å²) in [6, 6.07) is -0.197. The fourth-order valence-corrected chi connectivity index (χ4v) is 3.81. The summed E-state index contributed by atoms with van der Waals surface area (Å²) in [5, 5.41) is 19.1. The smallest absolute Gasteiger partial charge is 0.303 e. The second kappa shape index (κ2) is 10.7. The number of nitro groups is 1. The van der Waals surface area contributed by atoms with E-state index in [2.05, 4.69) is 4.99 Å². The van der Waals surface area contributed by atoms with E-state index in [0.717, 1.165) is 16.7 Å². The van der Waals surface area contributed by atoms with Gasteiger partial charge in [-0.2, -0.15) is 0 Å². The van der Waals surface area contributed by atoms with Gasteiger partial charge in [0.05, 0.1) is 21.6 Å². The Balaban J connectivity index is 2.12. The Kier molecular flexibility index (Phi) is 8.28. The largest absolute Gasteiger partial charge is 0.481 e. The highest BCUT2D eigenvalue weighted by atomic mass is 32.2. The van der Waals surface area contributed by atoms with Gasteiger partial charge < -0.3 is 5.11 Å². The highest BCUT2D eigenvalue weighted by Gasteiger charge is 2.34. The summed E-state index contributed by atoms with van der Waals surface area (Å²) >= 11 is 0.799. The number of rotatable bonds is 9. The Labute approximate surface area is 178 Å². The van der Waals surface area contributed by atoms with E-state index < -0.39 is 22.0 Å². The number of nitrogens with zero attached hydrogens (tertiary/aromatic N) is 3. The minimum Gasteiger partial charge on any atom is -0.481 e. The number of thioether (sulfide) groups is 1. The van der Waals surface area contributed by atoms with Crippen molar-refractivity contribution in [3.63, 3.8) is 0 Å². The van der Waals surface area contributed by atoms with E-state index >= 15 is 0 Å². The maximum atomic E-state index is 12.5. The summed E-state index contributed by atoms with van der Waals surface area (Å²) in [5.41, 5.74) is 0.575. The molecular weight excluding hydrogens is 410 g/mol. The van der Waals surface area contributed by atoms with Crippen LogP contribution in [0.15, 0.2) is 52.1 Å². The zero-order valence-electron chi connectivity index (χ0n) is 16.7. The van der Waals surface area contributed by atoms with E-state index in [9.17, 15) is 24.5 Å². The number of carbonyl (C=O) groups excluding carboxylic acids is 2. The first-order chi connectivity index (χ1) is 14.2. The van der Waals surface area contributed by atoms with E-state index in [1.54, 1.807) is 37.3 Å². The first kappa shape index (κ1) is 23.3. The summed E-state index contributed by atoms with van der Waals surface area (Å²) in [5.74, 6) is -1.46. The first-order valence-electron chi connectivity index (χ1n) is 9.43. The quantitative estimate of drug-likeness (QED) is 0.254. The van der Waals surface area contributed by atoms with Crippen LogP contribution >= 0.6 is 11.8 Å². The maximum Gasteiger partial charge on any atom is 0.303 e. The molecular formula is C20H23N3O6S. The highest BCUT2D eigenvalue weighted by molar-refractivity contribution is 8.18. The van der Waals surface area contributed by atoms with E-state index in [1.165, 1.54) is 6.08 Å². The molecule has 160 valence electrons. The van der Waals surface area contributed by atoms with Crippen LogP contribution in [0.4, 0.5) is 4.79 Å². The van der Waals surface area contributed by atoms with Gasteiger partial charge in [0.15, 0.2) is 0 Å². The van der Waals surface area contributed by atoms with Crippen LogP contribution in [-0.4, -0.2) is 50.3 Å². The number of hydrogen-bond acceptors (Lipinski definition) is 7. The topological polar surface area (TPSA) is 130 Å². The molecule has 0 radical (unpaired) electrons. The van der Waals surface area contributed by atoms with Crippen molar-refractivity contribution >= 4 is 34.6 Å². The Bertz CT molecular complexity index is 887. The molecule has 2 atom stereocenters. The monoisotopic (exact) mass is 433 g/mol. The van der Waals surface area contributed by atoms with Crippen LogP contribution in [0.2, 0.25) is 0 Å². The number of amides is 2. The predicted molar refractivity (Wildman–Crippen MR) is 114 cm³/mol. The minimum atomic E-state index is -0.981. The number of carboxylic acid groups (broad SMARTS) is 1. The molecule has 0 aromatic rings. The number of allylic oxidation sites excluding steroid dienone is 5. The molecule has 2 unspecified atom stereocenters. The minimum absolute atomic E-state index is 0.0200. The summed E-state index contributed by atoms with van der Waals surface area (Å²) in [6.07, 6.45) is 10.4. The molecule has 0 aromatic carbocycles. The van der Waals surface area contributed by atoms with Crippen molar-refractivity contribution < 1.29 is 24.4 Å². The molecule has 0 bridgehead atoms. The number of carboxylic acids is 1. The van der Waals surface area contributed by atoms with Crippen LogP contribution in [0.25, 0.3) is 0 Å². The predicted octanol–water partition coefficient (Wildman–Crippen LogP) is 3.57. The van der Waals surface area contributed by atoms with Crippen LogP contribution < -0.4 is 0 Å². The normalized spacial score (nSPS) is 22.1. The van der Waals surface area contributed by atoms with Crippen LogP contribution in [0, 0.1) is 16.0 Å². The van der Waals surface area contributed by atoms with Gasteiger partial charge in [-0.05, 0) is 56.7 Å². The molecule has 1 heterocycles. The van der Waals surface area contributed by atoms with Crippen molar-refractivity contribution in [3.8, 4) is 0 Å². The van der Waals surface area contributed by atoms with Crippen LogP contribution in [0.5, 0.6) is 0 Å². The van der Waals surface area contributed by atoms with Gasteiger partial charge in [0.1, 0.15) is 0 Å². The Morgan fingerprint density at radius 1 is 1.50 bits per heavy atom. The zero-order chi connectivity index (χ0) is 22.3. The van der Waals surface area contributed by atoms with E-state index in [0.29, 0.717) is 12.1 Å². The van der Waals surface area contributed by atoms with Gasteiger partial charge >= 0.3 is 5.97 Å². The maximum absolute atomic E-state index is 12.5. The molecule has 1 saturated heterocycles. The number of imide groups is 1. The highest BCUT2D eigenvalue weighted by Crippen LogP contribution is 2.31. The lowest BCUT2D eigenvalue weighted by Gasteiger charge is -2.18. The average Bonchev–Trinajstić information content (AvgIpc) is 2.95. The van der Waals surface area contributed by atoms with E-state index in [1.807, 2.05) is 6.92 Å². The van der Waals surface area contributed by atoms with E-state index in [-0.39, 0.29) is 41.9 Å². The molecule has 2 amide bonds. The first-order valence-corrected chi connectivity index (χ1v) is 10.2. The summed E-state index contributed by atoms with van der Waals surface area (Å²) in [4.78, 5) is 51.6. The van der Waals surface area contributed by atoms with Gasteiger partial charge in [-0.15, -0.1) is 0 Å². The molecule has 1 aliphatic heterocycles. The molecule has 2 rings (SSSR count). The Morgan fingerprint density at radius 3 is 2.80 bits per heavy atom. The second-order valence-corrected chi connectivity index (χ2v) is 7.76. The Morgan fingerprint density at radius 2 is 2.23 bits per heavy atom. The van der Waals surface area contributed by atoms with Crippen LogP contribution in [0.1, 0.15) is 33.1 Å². The third kappa shape index (κ3) is 6.24. The lowest BCUT2D eigenvalue weighted by molar-refractivity contribution is -0.419. The summed E-state index contributed by atoms with van der Waals surface area (Å²) in [6.45, 7) is 3.74. The van der Waals surface area contributed by atoms with Crippen molar-refractivity contribution in [3.05, 3.63) is 57.2 Å². The molecule has 0 aromatic heterocycles. The third-order valence-electron chi connectivity index (χ3n) is 4.56. The summed E-state index contributed by atoms with van der Waals surface area (Å²) in [7, 11) is 0. The molecule has 2 aliphatic rings. The number of hydrogen-bond donors (Lipinski definition) is 1. The lowest BCUT2D eigenvalue weighted by Crippen LogP contribution is -2.29. The number of aliphatic carboxylic acids is 1. The van der Waals surface area contributed by atoms with Crippen molar-refractivity contribution in [2.24, 2.45) is 10.9 Å².